The van der Waals surface area contributed by atoms with Gasteiger partial charge in [0.1, 0.15) is 0 Å². The summed E-state index contributed by atoms with van der Waals surface area (Å²) in [4.78, 5) is 12.3. The number of nitrogens with two attached hydrogens (primary N) is 1. The second-order valence-corrected chi connectivity index (χ2v) is 6.92. The molecule has 2 rings (SSSR count). The minimum absolute atomic E-state index is 0. The number of fused-ring (bicyclic) bond motifs is 1. The molecule has 0 aliphatic heterocycles. The van der Waals surface area contributed by atoms with Crippen LogP contribution in [0.3, 0.4) is 0 Å². The van der Waals surface area contributed by atoms with Gasteiger partial charge in [-0.15, -0.1) is 12.4 Å². The molecule has 0 saturated heterocycles. The SMILES string of the molecule is CCCC(C)(N)C(=O)NCC1(C)CCCc2ccccc21.Cl. The fourth-order valence-corrected chi connectivity index (χ4v) is 3.42. The number of nitrogens with one attached hydrogen (secondary N) is 1. The zero-order chi connectivity index (χ0) is 15.5. The van der Waals surface area contributed by atoms with E-state index in [0.717, 1.165) is 19.3 Å². The molecule has 1 amide bonds. The molecular weight excluding hydrogens is 296 g/mol. The maximum Gasteiger partial charge on any atom is 0.239 e. The number of amides is 1. The van der Waals surface area contributed by atoms with Crippen molar-refractivity contribution in [2.75, 3.05) is 6.54 Å². The second-order valence-electron chi connectivity index (χ2n) is 6.92. The molecule has 1 aliphatic carbocycles. The van der Waals surface area contributed by atoms with Gasteiger partial charge in [-0.3, -0.25) is 4.79 Å². The van der Waals surface area contributed by atoms with E-state index in [0.29, 0.717) is 13.0 Å². The monoisotopic (exact) mass is 324 g/mol. The molecule has 1 aliphatic rings. The zero-order valence-corrected chi connectivity index (χ0v) is 14.8. The Kier molecular flexibility index (Phi) is 6.45. The van der Waals surface area contributed by atoms with Crippen molar-refractivity contribution in [1.82, 2.24) is 5.32 Å². The van der Waals surface area contributed by atoms with Crippen molar-refractivity contribution in [3.8, 4) is 0 Å². The summed E-state index contributed by atoms with van der Waals surface area (Å²) in [6.07, 6.45) is 5.06. The fraction of sp³-hybridized carbons (Fsp3) is 0.611. The number of rotatable bonds is 5. The summed E-state index contributed by atoms with van der Waals surface area (Å²) in [5, 5.41) is 3.09. The van der Waals surface area contributed by atoms with Crippen LogP contribution in [0.4, 0.5) is 0 Å². The van der Waals surface area contributed by atoms with Crippen LogP contribution in [-0.2, 0) is 16.6 Å². The molecule has 2 atom stereocenters. The predicted molar refractivity (Wildman–Crippen MR) is 94.5 cm³/mol. The van der Waals surface area contributed by atoms with Gasteiger partial charge < -0.3 is 11.1 Å². The summed E-state index contributed by atoms with van der Waals surface area (Å²) >= 11 is 0. The molecular formula is C18H29ClN2O. The van der Waals surface area contributed by atoms with E-state index in [4.69, 9.17) is 5.73 Å². The minimum Gasteiger partial charge on any atom is -0.354 e. The van der Waals surface area contributed by atoms with E-state index in [9.17, 15) is 4.79 Å². The molecule has 0 spiro atoms. The van der Waals surface area contributed by atoms with Gasteiger partial charge in [0.2, 0.25) is 5.91 Å². The highest BCUT2D eigenvalue weighted by atomic mass is 35.5. The molecule has 1 aromatic carbocycles. The molecule has 22 heavy (non-hydrogen) atoms. The van der Waals surface area contributed by atoms with Gasteiger partial charge in [0.15, 0.2) is 0 Å². The van der Waals surface area contributed by atoms with Crippen LogP contribution >= 0.6 is 12.4 Å². The number of hydrogen-bond donors (Lipinski definition) is 2. The molecule has 0 saturated carbocycles. The lowest BCUT2D eigenvalue weighted by Gasteiger charge is -2.37. The lowest BCUT2D eigenvalue weighted by molar-refractivity contribution is -0.126. The van der Waals surface area contributed by atoms with Crippen molar-refractivity contribution in [1.29, 1.82) is 0 Å². The van der Waals surface area contributed by atoms with E-state index in [1.165, 1.54) is 17.5 Å². The number of carbonyl (C=O) groups excluding carboxylic acids is 1. The standard InChI is InChI=1S/C18H28N2O.ClH/c1-4-11-18(3,19)16(21)20-13-17(2)12-7-9-14-8-5-6-10-15(14)17;/h5-6,8,10H,4,7,9,11-13,19H2,1-3H3,(H,20,21);1H. The lowest BCUT2D eigenvalue weighted by Crippen LogP contribution is -2.54. The molecule has 0 bridgehead atoms. The maximum absolute atomic E-state index is 12.3. The average Bonchev–Trinajstić information content (AvgIpc) is 2.45. The van der Waals surface area contributed by atoms with Crippen molar-refractivity contribution in [2.24, 2.45) is 5.73 Å². The van der Waals surface area contributed by atoms with E-state index in [1.54, 1.807) is 0 Å². The molecule has 0 fully saturated rings. The molecule has 0 heterocycles. The third kappa shape index (κ3) is 4.02. The summed E-state index contributed by atoms with van der Waals surface area (Å²) in [6.45, 7) is 6.79. The van der Waals surface area contributed by atoms with E-state index in [-0.39, 0.29) is 23.7 Å². The van der Waals surface area contributed by atoms with Gasteiger partial charge in [0.05, 0.1) is 5.54 Å². The first kappa shape index (κ1) is 19.0. The summed E-state index contributed by atoms with van der Waals surface area (Å²) in [7, 11) is 0. The smallest absolute Gasteiger partial charge is 0.239 e. The Morgan fingerprint density at radius 1 is 1.41 bits per heavy atom. The predicted octanol–water partition coefficient (Wildman–Crippen LogP) is 3.34. The third-order valence-electron chi connectivity index (χ3n) is 4.77. The third-order valence-corrected chi connectivity index (χ3v) is 4.77. The summed E-state index contributed by atoms with van der Waals surface area (Å²) < 4.78 is 0. The van der Waals surface area contributed by atoms with Crippen LogP contribution in [0.1, 0.15) is 57.6 Å². The van der Waals surface area contributed by atoms with Crippen LogP contribution in [0, 0.1) is 0 Å². The van der Waals surface area contributed by atoms with Gasteiger partial charge in [-0.1, -0.05) is 44.5 Å². The van der Waals surface area contributed by atoms with Crippen LogP contribution < -0.4 is 11.1 Å². The Balaban J connectivity index is 0.00000242. The number of aryl methyl sites for hydroxylation is 1. The molecule has 2 unspecified atom stereocenters. The summed E-state index contributed by atoms with van der Waals surface area (Å²) in [5.74, 6) is -0.0337. The van der Waals surface area contributed by atoms with Gasteiger partial charge in [0, 0.05) is 12.0 Å². The van der Waals surface area contributed by atoms with Gasteiger partial charge >= 0.3 is 0 Å². The van der Waals surface area contributed by atoms with Crippen molar-refractivity contribution in [3.05, 3.63) is 35.4 Å². The van der Waals surface area contributed by atoms with Gasteiger partial charge in [0.25, 0.3) is 0 Å². The highest BCUT2D eigenvalue weighted by Gasteiger charge is 2.34. The second kappa shape index (κ2) is 7.47. The molecule has 124 valence electrons. The van der Waals surface area contributed by atoms with Gasteiger partial charge in [-0.05, 0) is 43.7 Å². The molecule has 1 aromatic rings. The normalized spacial score (nSPS) is 22.9. The fourth-order valence-electron chi connectivity index (χ4n) is 3.42. The highest BCUT2D eigenvalue weighted by Crippen LogP contribution is 2.36. The van der Waals surface area contributed by atoms with E-state index >= 15 is 0 Å². The highest BCUT2D eigenvalue weighted by molar-refractivity contribution is 5.85. The number of hydrogen-bond acceptors (Lipinski definition) is 2. The molecule has 0 radical (unpaired) electrons. The van der Waals surface area contributed by atoms with E-state index < -0.39 is 5.54 Å². The summed E-state index contributed by atoms with van der Waals surface area (Å²) in [5.41, 5.74) is 8.17. The maximum atomic E-state index is 12.3. The minimum atomic E-state index is -0.765. The van der Waals surface area contributed by atoms with Crippen molar-refractivity contribution in [2.45, 2.75) is 63.8 Å². The first-order valence-electron chi connectivity index (χ1n) is 8.05. The number of benzene rings is 1. The van der Waals surface area contributed by atoms with E-state index in [2.05, 4.69) is 43.4 Å². The number of carbonyl (C=O) groups is 1. The van der Waals surface area contributed by atoms with Gasteiger partial charge in [-0.2, -0.15) is 0 Å². The van der Waals surface area contributed by atoms with Crippen molar-refractivity contribution < 1.29 is 4.79 Å². The van der Waals surface area contributed by atoms with Crippen LogP contribution in [-0.4, -0.2) is 18.0 Å². The largest absolute Gasteiger partial charge is 0.354 e. The quantitative estimate of drug-likeness (QED) is 0.872. The Bertz CT molecular complexity index is 516. The number of halogens is 1. The Morgan fingerprint density at radius 3 is 2.77 bits per heavy atom. The zero-order valence-electron chi connectivity index (χ0n) is 13.9. The molecule has 4 heteroatoms. The lowest BCUT2D eigenvalue weighted by atomic mass is 9.71. The molecule has 0 aromatic heterocycles. The van der Waals surface area contributed by atoms with Crippen molar-refractivity contribution in [3.63, 3.8) is 0 Å². The van der Waals surface area contributed by atoms with Crippen LogP contribution in [0.5, 0.6) is 0 Å². The van der Waals surface area contributed by atoms with Crippen LogP contribution in [0.25, 0.3) is 0 Å². The van der Waals surface area contributed by atoms with Crippen LogP contribution in [0.2, 0.25) is 0 Å². The van der Waals surface area contributed by atoms with Crippen molar-refractivity contribution >= 4 is 18.3 Å². The van der Waals surface area contributed by atoms with E-state index in [1.807, 2.05) is 6.92 Å². The first-order chi connectivity index (χ1) is 9.89. The first-order valence-corrected chi connectivity index (χ1v) is 8.05. The topological polar surface area (TPSA) is 55.1 Å². The molecule has 3 nitrogen and oxygen atoms in total. The average molecular weight is 325 g/mol. The van der Waals surface area contributed by atoms with Gasteiger partial charge in [-0.25, -0.2) is 0 Å². The molecule has 3 N–H and O–H groups in total. The Labute approximate surface area is 140 Å². The Morgan fingerprint density at radius 2 is 2.09 bits per heavy atom. The van der Waals surface area contributed by atoms with Crippen LogP contribution in [0.15, 0.2) is 24.3 Å². The summed E-state index contributed by atoms with van der Waals surface area (Å²) in [6, 6.07) is 8.60. The Hall–Kier alpha value is -1.06.